The maximum Gasteiger partial charge on any atom is 0.0345 e. The zero-order valence-electron chi connectivity index (χ0n) is 11.7. The number of likely N-dealkylation sites (tertiary alicyclic amines) is 1. The second-order valence-electron chi connectivity index (χ2n) is 4.61. The van der Waals surface area contributed by atoms with Gasteiger partial charge in [-0.15, -0.1) is 0 Å². The maximum absolute atomic E-state index is 2.52. The topological polar surface area (TPSA) is 3.24 Å². The Bertz CT molecular complexity index is 281. The number of hydrogen-bond acceptors (Lipinski definition) is 1. The lowest BCUT2D eigenvalue weighted by molar-refractivity contribution is 0.209. The van der Waals surface area contributed by atoms with E-state index in [9.17, 15) is 0 Å². The Hall–Kier alpha value is -0.820. The van der Waals surface area contributed by atoms with E-state index in [4.69, 9.17) is 0 Å². The van der Waals surface area contributed by atoms with Gasteiger partial charge in [-0.25, -0.2) is 0 Å². The highest BCUT2D eigenvalue weighted by Gasteiger charge is 2.17. The summed E-state index contributed by atoms with van der Waals surface area (Å²) in [5.41, 5.74) is 1.49. The van der Waals surface area contributed by atoms with Gasteiger partial charge >= 0.3 is 0 Å². The lowest BCUT2D eigenvalue weighted by Gasteiger charge is -2.30. The third-order valence-corrected chi connectivity index (χ3v) is 3.45. The SMILES string of the molecule is CC.CN1CCCCCCC1c1ccccc1. The lowest BCUT2D eigenvalue weighted by Crippen LogP contribution is -2.27. The van der Waals surface area contributed by atoms with Gasteiger partial charge in [0.05, 0.1) is 0 Å². The van der Waals surface area contributed by atoms with Crippen LogP contribution in [0.4, 0.5) is 0 Å². The predicted octanol–water partition coefficient (Wildman–Crippen LogP) is 4.65. The van der Waals surface area contributed by atoms with Crippen molar-refractivity contribution in [3.05, 3.63) is 35.9 Å². The number of nitrogens with zero attached hydrogens (tertiary/aromatic N) is 1. The Labute approximate surface area is 107 Å². The van der Waals surface area contributed by atoms with Gasteiger partial charge in [0.1, 0.15) is 0 Å². The van der Waals surface area contributed by atoms with Crippen molar-refractivity contribution in [1.29, 1.82) is 0 Å². The van der Waals surface area contributed by atoms with Crippen LogP contribution in [0.15, 0.2) is 30.3 Å². The molecule has 0 aromatic heterocycles. The normalized spacial score (nSPS) is 21.9. The summed E-state index contributed by atoms with van der Waals surface area (Å²) in [5, 5.41) is 0. The van der Waals surface area contributed by atoms with Crippen molar-refractivity contribution in [2.45, 2.75) is 52.0 Å². The van der Waals surface area contributed by atoms with Gasteiger partial charge < -0.3 is 0 Å². The molecule has 0 spiro atoms. The number of rotatable bonds is 1. The molecule has 1 aromatic rings. The van der Waals surface area contributed by atoms with E-state index in [1.165, 1.54) is 44.2 Å². The van der Waals surface area contributed by atoms with Crippen LogP contribution >= 0.6 is 0 Å². The highest BCUT2D eigenvalue weighted by Crippen LogP contribution is 2.27. The van der Waals surface area contributed by atoms with Gasteiger partial charge in [-0.1, -0.05) is 63.4 Å². The van der Waals surface area contributed by atoms with Gasteiger partial charge in [0.2, 0.25) is 0 Å². The van der Waals surface area contributed by atoms with Gasteiger partial charge in [0, 0.05) is 6.04 Å². The van der Waals surface area contributed by atoms with Crippen LogP contribution in [-0.4, -0.2) is 18.5 Å². The van der Waals surface area contributed by atoms with E-state index in [2.05, 4.69) is 42.3 Å². The zero-order valence-corrected chi connectivity index (χ0v) is 11.7. The van der Waals surface area contributed by atoms with Crippen LogP contribution < -0.4 is 0 Å². The monoisotopic (exact) mass is 233 g/mol. The smallest absolute Gasteiger partial charge is 0.0345 e. The van der Waals surface area contributed by atoms with Crippen LogP contribution in [0.2, 0.25) is 0 Å². The Kier molecular flexibility index (Phi) is 6.95. The summed E-state index contributed by atoms with van der Waals surface area (Å²) in [5.74, 6) is 0. The van der Waals surface area contributed by atoms with Gasteiger partial charge in [0.15, 0.2) is 0 Å². The van der Waals surface area contributed by atoms with Gasteiger partial charge in [0.25, 0.3) is 0 Å². The van der Waals surface area contributed by atoms with Crippen molar-refractivity contribution in [2.24, 2.45) is 0 Å². The van der Waals surface area contributed by atoms with E-state index in [-0.39, 0.29) is 0 Å². The molecule has 1 unspecified atom stereocenters. The fourth-order valence-electron chi connectivity index (χ4n) is 2.53. The summed E-state index contributed by atoms with van der Waals surface area (Å²) in [6, 6.07) is 11.6. The molecule has 1 aliphatic rings. The Morgan fingerprint density at radius 2 is 1.59 bits per heavy atom. The minimum atomic E-state index is 0.645. The van der Waals surface area contributed by atoms with Crippen molar-refractivity contribution in [3.63, 3.8) is 0 Å². The molecule has 1 nitrogen and oxygen atoms in total. The first kappa shape index (κ1) is 14.2. The number of benzene rings is 1. The second-order valence-corrected chi connectivity index (χ2v) is 4.61. The molecule has 1 atom stereocenters. The summed E-state index contributed by atoms with van der Waals surface area (Å²) < 4.78 is 0. The van der Waals surface area contributed by atoms with Crippen LogP contribution in [0.25, 0.3) is 0 Å². The molecule has 1 heteroatoms. The molecule has 1 aliphatic heterocycles. The average Bonchev–Trinajstić information content (AvgIpc) is 2.38. The molecule has 17 heavy (non-hydrogen) atoms. The fourth-order valence-corrected chi connectivity index (χ4v) is 2.53. The van der Waals surface area contributed by atoms with Crippen molar-refractivity contribution in [1.82, 2.24) is 4.90 Å². The van der Waals surface area contributed by atoms with Crippen LogP contribution in [0, 0.1) is 0 Å². The molecule has 0 saturated carbocycles. The molecule has 1 aromatic carbocycles. The van der Waals surface area contributed by atoms with Crippen LogP contribution in [-0.2, 0) is 0 Å². The molecule has 2 rings (SSSR count). The minimum absolute atomic E-state index is 0.645. The van der Waals surface area contributed by atoms with Crippen molar-refractivity contribution < 1.29 is 0 Å². The van der Waals surface area contributed by atoms with E-state index in [0.29, 0.717) is 6.04 Å². The summed E-state index contributed by atoms with van der Waals surface area (Å²) in [6.45, 7) is 5.25. The molecule has 96 valence electrons. The van der Waals surface area contributed by atoms with Crippen molar-refractivity contribution in [2.75, 3.05) is 13.6 Å². The van der Waals surface area contributed by atoms with E-state index in [0.717, 1.165) is 0 Å². The second kappa shape index (κ2) is 8.30. The molecule has 0 N–H and O–H groups in total. The molecule has 1 heterocycles. The largest absolute Gasteiger partial charge is 0.299 e. The quantitative estimate of drug-likeness (QED) is 0.682. The van der Waals surface area contributed by atoms with Crippen LogP contribution in [0.3, 0.4) is 0 Å². The maximum atomic E-state index is 2.52. The Balaban J connectivity index is 0.000000686. The highest BCUT2D eigenvalue weighted by molar-refractivity contribution is 5.18. The zero-order chi connectivity index (χ0) is 12.5. The van der Waals surface area contributed by atoms with E-state index in [1.807, 2.05) is 13.8 Å². The summed E-state index contributed by atoms with van der Waals surface area (Å²) in [4.78, 5) is 2.52. The Morgan fingerprint density at radius 1 is 0.941 bits per heavy atom. The van der Waals surface area contributed by atoms with Crippen molar-refractivity contribution >= 4 is 0 Å². The minimum Gasteiger partial charge on any atom is -0.299 e. The average molecular weight is 233 g/mol. The summed E-state index contributed by atoms with van der Waals surface area (Å²) in [7, 11) is 2.27. The third kappa shape index (κ3) is 4.51. The molecular weight excluding hydrogens is 206 g/mol. The van der Waals surface area contributed by atoms with Crippen LogP contribution in [0.5, 0.6) is 0 Å². The first-order chi connectivity index (χ1) is 8.38. The van der Waals surface area contributed by atoms with E-state index < -0.39 is 0 Å². The molecule has 0 amide bonds. The molecular formula is C16H27N. The van der Waals surface area contributed by atoms with E-state index >= 15 is 0 Å². The number of hydrogen-bond donors (Lipinski definition) is 0. The van der Waals surface area contributed by atoms with Gasteiger partial charge in [-0.2, -0.15) is 0 Å². The molecule has 0 aliphatic carbocycles. The Morgan fingerprint density at radius 3 is 2.29 bits per heavy atom. The fraction of sp³-hybridized carbons (Fsp3) is 0.625. The highest BCUT2D eigenvalue weighted by atomic mass is 15.1. The van der Waals surface area contributed by atoms with E-state index in [1.54, 1.807) is 0 Å². The first-order valence-corrected chi connectivity index (χ1v) is 7.13. The van der Waals surface area contributed by atoms with Gasteiger partial charge in [-0.05, 0) is 32.0 Å². The van der Waals surface area contributed by atoms with Gasteiger partial charge in [-0.3, -0.25) is 4.90 Å². The predicted molar refractivity (Wildman–Crippen MR) is 76.2 cm³/mol. The summed E-state index contributed by atoms with van der Waals surface area (Å²) in [6.07, 6.45) is 6.88. The lowest BCUT2D eigenvalue weighted by atomic mass is 9.96. The molecule has 0 radical (unpaired) electrons. The molecule has 0 bridgehead atoms. The molecule has 1 saturated heterocycles. The standard InChI is InChI=1S/C14H21N.C2H6/c1-15-12-8-3-2-7-11-14(15)13-9-5-4-6-10-13;1-2/h4-6,9-10,14H,2-3,7-8,11-12H2,1H3;1-2H3. The molecule has 1 fully saturated rings. The van der Waals surface area contributed by atoms with Crippen molar-refractivity contribution in [3.8, 4) is 0 Å². The van der Waals surface area contributed by atoms with Crippen LogP contribution in [0.1, 0.15) is 57.6 Å². The third-order valence-electron chi connectivity index (χ3n) is 3.45. The first-order valence-electron chi connectivity index (χ1n) is 7.13. The summed E-state index contributed by atoms with van der Waals surface area (Å²) >= 11 is 0.